The third kappa shape index (κ3) is 2.70. The van der Waals surface area contributed by atoms with Crippen molar-refractivity contribution in [3.63, 3.8) is 0 Å². The molecule has 0 unspecified atom stereocenters. The van der Waals surface area contributed by atoms with E-state index in [4.69, 9.17) is 0 Å². The first kappa shape index (κ1) is 19.5. The van der Waals surface area contributed by atoms with Gasteiger partial charge in [-0.1, -0.05) is 42.2 Å². The zero-order valence-electron chi connectivity index (χ0n) is 17.2. The van der Waals surface area contributed by atoms with Crippen LogP contribution in [0, 0.1) is 6.92 Å². The Balaban J connectivity index is 1.60. The molecule has 0 saturated carbocycles. The molecule has 5 rings (SSSR count). The van der Waals surface area contributed by atoms with E-state index in [1.165, 1.54) is 9.69 Å². The van der Waals surface area contributed by atoms with E-state index >= 15 is 0 Å². The molecule has 1 amide bonds. The molecule has 0 saturated heterocycles. The summed E-state index contributed by atoms with van der Waals surface area (Å²) in [5.74, 6) is -1.79. The van der Waals surface area contributed by atoms with Crippen LogP contribution < -0.4 is 15.7 Å². The molecule has 3 aromatic rings. The summed E-state index contributed by atoms with van der Waals surface area (Å²) in [6.07, 6.45) is 0. The lowest BCUT2D eigenvalue weighted by Crippen LogP contribution is -2.35. The van der Waals surface area contributed by atoms with Crippen molar-refractivity contribution < 1.29 is 14.7 Å². The molecule has 1 aliphatic carbocycles. The van der Waals surface area contributed by atoms with E-state index in [0.29, 0.717) is 17.1 Å². The number of nitrogens with one attached hydrogen (secondary N) is 1. The number of hydrazone groups is 1. The molecule has 1 aliphatic heterocycles. The number of hydrogen-bond acceptors (Lipinski definition) is 5. The maximum Gasteiger partial charge on any atom is 0.281 e. The summed E-state index contributed by atoms with van der Waals surface area (Å²) >= 11 is 0. The van der Waals surface area contributed by atoms with E-state index in [1.807, 2.05) is 12.1 Å². The van der Waals surface area contributed by atoms with Crippen LogP contribution in [0.15, 0.2) is 87.5 Å². The molecule has 2 aliphatic rings. The van der Waals surface area contributed by atoms with Gasteiger partial charge in [-0.25, -0.2) is 4.68 Å². The Bertz CT molecular complexity index is 1440. The molecule has 2 aromatic carbocycles. The number of carbonyl (C=O) groups is 2. The topological polar surface area (TPSA) is 111 Å². The molecule has 0 bridgehead atoms. The number of allylic oxidation sites excluding steroid dienone is 2. The van der Waals surface area contributed by atoms with Crippen molar-refractivity contribution in [1.29, 1.82) is 0 Å². The average Bonchev–Trinajstić information content (AvgIpc) is 3.26. The molecule has 8 heteroatoms. The van der Waals surface area contributed by atoms with Crippen molar-refractivity contribution >= 4 is 28.7 Å². The first-order valence-corrected chi connectivity index (χ1v) is 9.93. The highest BCUT2D eigenvalue weighted by Crippen LogP contribution is 2.38. The minimum Gasteiger partial charge on any atom is -0.871 e. The van der Waals surface area contributed by atoms with Gasteiger partial charge in [0, 0.05) is 16.8 Å². The SMILES string of the molecule is CC1=NN(c2ccccc2)C(=O)C1=C1C(=O)C(c2c(C)[nH]n(-c3ccccc3)c2=O)=C1[O-]. The van der Waals surface area contributed by atoms with Gasteiger partial charge in [0.1, 0.15) is 0 Å². The number of benzene rings is 2. The van der Waals surface area contributed by atoms with Crippen LogP contribution in [-0.4, -0.2) is 27.2 Å². The van der Waals surface area contributed by atoms with Crippen LogP contribution in [0.5, 0.6) is 0 Å². The maximum absolute atomic E-state index is 13.0. The lowest BCUT2D eigenvalue weighted by atomic mass is 9.80. The predicted molar refractivity (Wildman–Crippen MR) is 117 cm³/mol. The highest BCUT2D eigenvalue weighted by molar-refractivity contribution is 6.45. The third-order valence-electron chi connectivity index (χ3n) is 5.51. The zero-order valence-corrected chi connectivity index (χ0v) is 17.2. The van der Waals surface area contributed by atoms with Crippen molar-refractivity contribution in [2.24, 2.45) is 5.10 Å². The number of hydrogen-bond donors (Lipinski definition) is 1. The molecular formula is C24H17N4O4-. The van der Waals surface area contributed by atoms with Gasteiger partial charge in [-0.2, -0.15) is 10.1 Å². The predicted octanol–water partition coefficient (Wildman–Crippen LogP) is 1.85. The fourth-order valence-corrected chi connectivity index (χ4v) is 3.99. The van der Waals surface area contributed by atoms with Crippen molar-refractivity contribution in [2.75, 3.05) is 5.01 Å². The molecule has 32 heavy (non-hydrogen) atoms. The van der Waals surface area contributed by atoms with Gasteiger partial charge in [-0.05, 0) is 38.1 Å². The summed E-state index contributed by atoms with van der Waals surface area (Å²) in [5.41, 5.74) is 0.855. The first-order chi connectivity index (χ1) is 15.4. The van der Waals surface area contributed by atoms with Gasteiger partial charge in [-0.15, -0.1) is 0 Å². The van der Waals surface area contributed by atoms with Gasteiger partial charge >= 0.3 is 0 Å². The smallest absolute Gasteiger partial charge is 0.281 e. The van der Waals surface area contributed by atoms with E-state index in [1.54, 1.807) is 62.4 Å². The Kier molecular flexibility index (Phi) is 4.30. The minimum absolute atomic E-state index is 0.0214. The summed E-state index contributed by atoms with van der Waals surface area (Å²) in [6.45, 7) is 3.20. The van der Waals surface area contributed by atoms with Gasteiger partial charge in [0.2, 0.25) is 0 Å². The zero-order chi connectivity index (χ0) is 22.6. The normalized spacial score (nSPS) is 18.3. The Morgan fingerprint density at radius 2 is 1.41 bits per heavy atom. The first-order valence-electron chi connectivity index (χ1n) is 9.93. The van der Waals surface area contributed by atoms with Crippen LogP contribution >= 0.6 is 0 Å². The molecule has 1 aromatic heterocycles. The molecule has 0 atom stereocenters. The van der Waals surface area contributed by atoms with Crippen LogP contribution in [0.3, 0.4) is 0 Å². The van der Waals surface area contributed by atoms with Crippen LogP contribution in [-0.2, 0) is 9.59 Å². The van der Waals surface area contributed by atoms with Gasteiger partial charge < -0.3 is 5.11 Å². The fourth-order valence-electron chi connectivity index (χ4n) is 3.99. The van der Waals surface area contributed by atoms with E-state index in [0.717, 1.165) is 0 Å². The molecule has 0 fully saturated rings. The quantitative estimate of drug-likeness (QED) is 0.646. The number of amides is 1. The van der Waals surface area contributed by atoms with Crippen molar-refractivity contribution in [3.05, 3.63) is 99.2 Å². The number of ketones is 1. The maximum atomic E-state index is 13.0. The van der Waals surface area contributed by atoms with Crippen LogP contribution in [0.1, 0.15) is 18.2 Å². The highest BCUT2D eigenvalue weighted by atomic mass is 16.3. The van der Waals surface area contributed by atoms with Crippen molar-refractivity contribution in [1.82, 2.24) is 9.78 Å². The fraction of sp³-hybridized carbons (Fsp3) is 0.0833. The summed E-state index contributed by atoms with van der Waals surface area (Å²) in [7, 11) is 0. The van der Waals surface area contributed by atoms with Gasteiger partial charge in [0.05, 0.1) is 28.2 Å². The largest absolute Gasteiger partial charge is 0.871 e. The molecule has 8 nitrogen and oxygen atoms in total. The van der Waals surface area contributed by atoms with E-state index in [2.05, 4.69) is 10.2 Å². The number of H-pyrrole nitrogens is 1. The second-order valence-corrected chi connectivity index (χ2v) is 7.51. The summed E-state index contributed by atoms with van der Waals surface area (Å²) in [6, 6.07) is 17.6. The number of aromatic nitrogens is 2. The minimum atomic E-state index is -0.623. The van der Waals surface area contributed by atoms with Gasteiger partial charge in [0.25, 0.3) is 11.5 Å². The van der Waals surface area contributed by atoms with Crippen LogP contribution in [0.4, 0.5) is 5.69 Å². The monoisotopic (exact) mass is 425 g/mol. The highest BCUT2D eigenvalue weighted by Gasteiger charge is 2.40. The second kappa shape index (κ2) is 7.05. The lowest BCUT2D eigenvalue weighted by molar-refractivity contribution is -0.297. The second-order valence-electron chi connectivity index (χ2n) is 7.51. The number of aromatic amines is 1. The van der Waals surface area contributed by atoms with Crippen LogP contribution in [0.2, 0.25) is 0 Å². The van der Waals surface area contributed by atoms with Crippen LogP contribution in [0.25, 0.3) is 11.3 Å². The Hall–Kier alpha value is -4.46. The average molecular weight is 425 g/mol. The van der Waals surface area contributed by atoms with Gasteiger partial charge in [-0.3, -0.25) is 19.5 Å². The molecule has 0 spiro atoms. The number of Topliss-reactive ketones (excluding diaryl/α,β-unsaturated/α-hetero) is 1. The summed E-state index contributed by atoms with van der Waals surface area (Å²) < 4.78 is 1.29. The van der Waals surface area contributed by atoms with Crippen molar-refractivity contribution in [3.8, 4) is 5.69 Å². The number of aryl methyl sites for hydroxylation is 1. The third-order valence-corrected chi connectivity index (χ3v) is 5.51. The Morgan fingerprint density at radius 1 is 0.812 bits per heavy atom. The molecule has 0 radical (unpaired) electrons. The number of nitrogens with zero attached hydrogens (tertiary/aromatic N) is 3. The number of para-hydroxylation sites is 2. The Morgan fingerprint density at radius 3 is 2.00 bits per heavy atom. The summed E-state index contributed by atoms with van der Waals surface area (Å²) in [4.78, 5) is 39.0. The van der Waals surface area contributed by atoms with E-state index in [9.17, 15) is 19.5 Å². The lowest BCUT2D eigenvalue weighted by Gasteiger charge is -2.31. The summed E-state index contributed by atoms with van der Waals surface area (Å²) in [5, 5.41) is 21.3. The van der Waals surface area contributed by atoms with E-state index < -0.39 is 23.0 Å². The standard InChI is InChI=1S/C24H18N4O4/c1-13-17(23(31)27(25-13)15-9-5-3-6-10-15)19-21(29)20(22(19)30)18-14(2)26-28(24(18)32)16-11-7-4-8-12-16/h3-12,25,29H,1-2H3/p-1. The number of carbonyl (C=O) groups excluding carboxylic acids is 2. The van der Waals surface area contributed by atoms with E-state index in [-0.39, 0.29) is 28.0 Å². The molecule has 2 heterocycles. The molecule has 158 valence electrons. The van der Waals surface area contributed by atoms with Crippen molar-refractivity contribution in [2.45, 2.75) is 13.8 Å². The van der Waals surface area contributed by atoms with Gasteiger partial charge in [0.15, 0.2) is 5.78 Å². The molecule has 1 N–H and O–H groups in total. The molecular weight excluding hydrogens is 408 g/mol. The Labute approximate surface area is 182 Å². The number of anilines is 1. The number of rotatable bonds is 3.